The summed E-state index contributed by atoms with van der Waals surface area (Å²) in [5, 5.41) is 6.03. The number of halogens is 3. The van der Waals surface area contributed by atoms with E-state index >= 15 is 0 Å². The largest absolute Gasteiger partial charge is 0.451 e. The first-order valence-corrected chi connectivity index (χ1v) is 10.1. The van der Waals surface area contributed by atoms with Gasteiger partial charge in [0.05, 0.1) is 10.0 Å². The van der Waals surface area contributed by atoms with Crippen LogP contribution in [0.5, 0.6) is 0 Å². The first-order chi connectivity index (χ1) is 14.1. The summed E-state index contributed by atoms with van der Waals surface area (Å²) in [6.07, 6.45) is 0.167. The molecule has 10 heteroatoms. The molecule has 0 saturated heterocycles. The average Bonchev–Trinajstić information content (AvgIpc) is 2.68. The van der Waals surface area contributed by atoms with Crippen molar-refractivity contribution >= 4 is 58.4 Å². The lowest BCUT2D eigenvalue weighted by molar-refractivity contribution is -0.156. The number of benzene rings is 1. The van der Waals surface area contributed by atoms with Crippen LogP contribution in [0.1, 0.15) is 31.1 Å². The van der Waals surface area contributed by atoms with Gasteiger partial charge in [-0.1, -0.05) is 48.7 Å². The predicted molar refractivity (Wildman–Crippen MR) is 116 cm³/mol. The summed E-state index contributed by atoms with van der Waals surface area (Å²) in [5.74, 6) is -2.03. The Morgan fingerprint density at radius 3 is 2.20 bits per heavy atom. The molecule has 30 heavy (non-hydrogen) atoms. The Morgan fingerprint density at radius 1 is 1.00 bits per heavy atom. The highest BCUT2D eigenvalue weighted by molar-refractivity contribution is 6.36. The van der Waals surface area contributed by atoms with Gasteiger partial charge in [-0.3, -0.25) is 9.59 Å². The fourth-order valence-corrected chi connectivity index (χ4v) is 2.90. The number of hydrogen-bond acceptors (Lipinski definition) is 5. The third-order valence-corrected chi connectivity index (χ3v) is 4.77. The van der Waals surface area contributed by atoms with Gasteiger partial charge in [0.15, 0.2) is 11.9 Å². The van der Waals surface area contributed by atoms with Crippen molar-refractivity contribution in [2.75, 3.05) is 5.32 Å². The van der Waals surface area contributed by atoms with Crippen molar-refractivity contribution in [1.82, 2.24) is 10.3 Å². The lowest BCUT2D eigenvalue weighted by Crippen LogP contribution is -2.47. The van der Waals surface area contributed by atoms with Gasteiger partial charge in [-0.2, -0.15) is 0 Å². The number of esters is 1. The van der Waals surface area contributed by atoms with Gasteiger partial charge in [0.2, 0.25) is 0 Å². The van der Waals surface area contributed by atoms with Gasteiger partial charge in [-0.25, -0.2) is 9.78 Å². The minimum Gasteiger partial charge on any atom is -0.451 e. The van der Waals surface area contributed by atoms with Crippen molar-refractivity contribution in [2.24, 2.45) is 5.92 Å². The Kier molecular flexibility index (Phi) is 8.46. The molecule has 0 aliphatic carbocycles. The van der Waals surface area contributed by atoms with Crippen LogP contribution in [0.4, 0.5) is 5.82 Å². The van der Waals surface area contributed by atoms with E-state index in [1.807, 2.05) is 0 Å². The zero-order chi connectivity index (χ0) is 22.4. The van der Waals surface area contributed by atoms with Gasteiger partial charge in [0.1, 0.15) is 6.04 Å². The molecule has 2 N–H and O–H groups in total. The van der Waals surface area contributed by atoms with E-state index in [9.17, 15) is 14.4 Å². The Hall–Kier alpha value is -2.35. The number of hydrogen-bond donors (Lipinski definition) is 2. The van der Waals surface area contributed by atoms with E-state index in [-0.39, 0.29) is 16.8 Å². The average molecular weight is 473 g/mol. The van der Waals surface area contributed by atoms with Crippen LogP contribution in [0.15, 0.2) is 36.5 Å². The smallest absolute Gasteiger partial charge is 0.329 e. The van der Waals surface area contributed by atoms with Crippen LogP contribution < -0.4 is 10.6 Å². The van der Waals surface area contributed by atoms with Gasteiger partial charge in [0, 0.05) is 16.8 Å². The molecule has 160 valence electrons. The molecule has 0 aliphatic heterocycles. The Balaban J connectivity index is 2.01. The first kappa shape index (κ1) is 23.9. The number of rotatable bonds is 7. The molecule has 0 bridgehead atoms. The second kappa shape index (κ2) is 10.6. The molecule has 2 rings (SSSR count). The number of carbonyl (C=O) groups is 3. The Bertz CT molecular complexity index is 935. The van der Waals surface area contributed by atoms with E-state index in [4.69, 9.17) is 39.5 Å². The van der Waals surface area contributed by atoms with Crippen molar-refractivity contribution in [2.45, 2.75) is 32.9 Å². The van der Waals surface area contributed by atoms with Crippen LogP contribution >= 0.6 is 34.8 Å². The highest BCUT2D eigenvalue weighted by Gasteiger charge is 2.29. The minimum absolute atomic E-state index is 0.0883. The molecule has 1 aromatic heterocycles. The van der Waals surface area contributed by atoms with Crippen molar-refractivity contribution in [3.8, 4) is 0 Å². The van der Waals surface area contributed by atoms with E-state index in [1.54, 1.807) is 38.1 Å². The third kappa shape index (κ3) is 6.58. The monoisotopic (exact) mass is 471 g/mol. The second-order valence-corrected chi connectivity index (χ2v) is 8.03. The zero-order valence-corrected chi connectivity index (χ0v) is 18.7. The highest BCUT2D eigenvalue weighted by atomic mass is 35.5. The Morgan fingerprint density at radius 2 is 1.63 bits per heavy atom. The summed E-state index contributed by atoms with van der Waals surface area (Å²) in [6, 6.07) is 6.69. The van der Waals surface area contributed by atoms with Crippen LogP contribution in [-0.2, 0) is 14.3 Å². The number of pyridine rings is 1. The van der Waals surface area contributed by atoms with E-state index in [0.29, 0.717) is 15.6 Å². The molecule has 1 aromatic carbocycles. The summed E-state index contributed by atoms with van der Waals surface area (Å²) in [4.78, 5) is 41.3. The van der Waals surface area contributed by atoms with Crippen molar-refractivity contribution in [1.29, 1.82) is 0 Å². The van der Waals surface area contributed by atoms with Gasteiger partial charge < -0.3 is 15.4 Å². The fourth-order valence-electron chi connectivity index (χ4n) is 2.35. The second-order valence-electron chi connectivity index (χ2n) is 6.75. The molecular formula is C20H20Cl3N3O4. The number of nitrogens with one attached hydrogen (secondary N) is 2. The zero-order valence-electron chi connectivity index (χ0n) is 16.4. The summed E-state index contributed by atoms with van der Waals surface area (Å²) >= 11 is 17.6. The van der Waals surface area contributed by atoms with Crippen LogP contribution in [0.2, 0.25) is 15.1 Å². The molecule has 1 heterocycles. The maximum absolute atomic E-state index is 12.6. The molecule has 0 radical (unpaired) electrons. The van der Waals surface area contributed by atoms with Crippen LogP contribution in [0, 0.1) is 5.92 Å². The van der Waals surface area contributed by atoms with E-state index in [2.05, 4.69) is 15.6 Å². The number of nitrogens with zero attached hydrogens (tertiary/aromatic N) is 1. The normalized spacial score (nSPS) is 12.8. The molecule has 0 aliphatic rings. The summed E-state index contributed by atoms with van der Waals surface area (Å²) < 4.78 is 5.24. The van der Waals surface area contributed by atoms with Crippen LogP contribution in [0.3, 0.4) is 0 Å². The lowest BCUT2D eigenvalue weighted by atomic mass is 10.0. The standard InChI is InChI=1S/C20H20Cl3N3O4/c1-10(2)16(25-19(28)12-4-6-13(21)7-5-12)20(29)30-11(3)18(27)26-17-15(23)8-14(22)9-24-17/h4-11,16H,1-3H3,(H,25,28)(H,24,26,27)/t11-,16-/m1/s1. The maximum Gasteiger partial charge on any atom is 0.329 e. The summed E-state index contributed by atoms with van der Waals surface area (Å²) in [6.45, 7) is 4.89. The molecule has 2 atom stereocenters. The number of anilines is 1. The van der Waals surface area contributed by atoms with Crippen molar-refractivity contribution < 1.29 is 19.1 Å². The molecule has 0 spiro atoms. The van der Waals surface area contributed by atoms with Gasteiger partial charge in [-0.05, 0) is 43.2 Å². The molecule has 0 saturated carbocycles. The first-order valence-electron chi connectivity index (χ1n) is 8.97. The highest BCUT2D eigenvalue weighted by Crippen LogP contribution is 2.22. The minimum atomic E-state index is -1.15. The van der Waals surface area contributed by atoms with Gasteiger partial charge in [0.25, 0.3) is 11.8 Å². The molecule has 7 nitrogen and oxygen atoms in total. The van der Waals surface area contributed by atoms with Gasteiger partial charge in [-0.15, -0.1) is 0 Å². The molecule has 0 fully saturated rings. The Labute approximate surface area is 189 Å². The third-order valence-electron chi connectivity index (χ3n) is 4.03. The topological polar surface area (TPSA) is 97.4 Å². The molecule has 2 aromatic rings. The number of amides is 2. The predicted octanol–water partition coefficient (Wildman–Crippen LogP) is 4.37. The summed E-state index contributed by atoms with van der Waals surface area (Å²) in [7, 11) is 0. The number of ether oxygens (including phenoxy) is 1. The fraction of sp³-hybridized carbons (Fsp3) is 0.300. The number of aromatic nitrogens is 1. The SMILES string of the molecule is CC(C)[C@@H](NC(=O)c1ccc(Cl)cc1)C(=O)O[C@H](C)C(=O)Nc1ncc(Cl)cc1Cl. The van der Waals surface area contributed by atoms with E-state index < -0.39 is 29.9 Å². The molecule has 2 amide bonds. The van der Waals surface area contributed by atoms with Crippen LogP contribution in [-0.4, -0.2) is 34.9 Å². The van der Waals surface area contributed by atoms with E-state index in [0.717, 1.165) is 0 Å². The van der Waals surface area contributed by atoms with Crippen molar-refractivity contribution in [3.05, 3.63) is 57.2 Å². The summed E-state index contributed by atoms with van der Waals surface area (Å²) in [5.41, 5.74) is 0.340. The quantitative estimate of drug-likeness (QED) is 0.583. The van der Waals surface area contributed by atoms with Gasteiger partial charge >= 0.3 is 5.97 Å². The van der Waals surface area contributed by atoms with Crippen molar-refractivity contribution in [3.63, 3.8) is 0 Å². The molecular weight excluding hydrogens is 453 g/mol. The number of carbonyl (C=O) groups excluding carboxylic acids is 3. The lowest BCUT2D eigenvalue weighted by Gasteiger charge is -2.23. The maximum atomic E-state index is 12.6. The van der Waals surface area contributed by atoms with Crippen LogP contribution in [0.25, 0.3) is 0 Å². The molecule has 0 unspecified atom stereocenters. The van der Waals surface area contributed by atoms with E-state index in [1.165, 1.54) is 19.2 Å².